The third-order valence-corrected chi connectivity index (χ3v) is 4.37. The van der Waals surface area contributed by atoms with Crippen LogP contribution in [0.15, 0.2) is 42.5 Å². The van der Waals surface area contributed by atoms with E-state index in [2.05, 4.69) is 5.32 Å². The average molecular weight is 338 g/mol. The minimum Gasteiger partial charge on any atom is -0.497 e. The molecular formula is C19H18N2O4. The Bertz CT molecular complexity index is 961. The van der Waals surface area contributed by atoms with Gasteiger partial charge in [-0.05, 0) is 42.0 Å². The molecular weight excluding hydrogens is 320 g/mol. The minimum atomic E-state index is -0.129. The highest BCUT2D eigenvalue weighted by molar-refractivity contribution is 5.99. The van der Waals surface area contributed by atoms with E-state index in [1.807, 2.05) is 54.1 Å². The van der Waals surface area contributed by atoms with Crippen molar-refractivity contribution in [3.05, 3.63) is 53.7 Å². The first-order chi connectivity index (χ1) is 12.2. The van der Waals surface area contributed by atoms with Gasteiger partial charge in [-0.15, -0.1) is 0 Å². The summed E-state index contributed by atoms with van der Waals surface area (Å²) < 4.78 is 17.8. The Morgan fingerprint density at radius 3 is 2.84 bits per heavy atom. The Labute approximate surface area is 144 Å². The van der Waals surface area contributed by atoms with E-state index >= 15 is 0 Å². The summed E-state index contributed by atoms with van der Waals surface area (Å²) in [5, 5.41) is 3.92. The van der Waals surface area contributed by atoms with Gasteiger partial charge in [-0.25, -0.2) is 0 Å². The number of hydrogen-bond donors (Lipinski definition) is 1. The summed E-state index contributed by atoms with van der Waals surface area (Å²) in [7, 11) is 3.51. The molecule has 6 nitrogen and oxygen atoms in total. The molecule has 0 saturated heterocycles. The molecule has 0 radical (unpaired) electrons. The highest BCUT2D eigenvalue weighted by Gasteiger charge is 2.16. The van der Waals surface area contributed by atoms with Crippen LogP contribution in [0.2, 0.25) is 0 Å². The summed E-state index contributed by atoms with van der Waals surface area (Å²) in [4.78, 5) is 12.6. The maximum atomic E-state index is 12.6. The number of benzene rings is 2. The molecule has 0 atom stereocenters. The number of aromatic nitrogens is 1. The number of aryl methyl sites for hydroxylation is 1. The highest BCUT2D eigenvalue weighted by Crippen LogP contribution is 2.32. The van der Waals surface area contributed by atoms with Crippen LogP contribution in [0.1, 0.15) is 16.1 Å². The molecule has 3 aromatic rings. The van der Waals surface area contributed by atoms with Gasteiger partial charge in [0.05, 0.1) is 7.11 Å². The SMILES string of the molecule is COc1ccc2c(c1)cc(C(=O)NCc1ccc3c(c1)OCO3)n2C. The Morgan fingerprint density at radius 1 is 1.16 bits per heavy atom. The van der Waals surface area contributed by atoms with Crippen molar-refractivity contribution in [1.82, 2.24) is 9.88 Å². The van der Waals surface area contributed by atoms with Crippen LogP contribution in [-0.2, 0) is 13.6 Å². The fourth-order valence-corrected chi connectivity index (χ4v) is 3.00. The van der Waals surface area contributed by atoms with E-state index in [1.54, 1.807) is 7.11 Å². The van der Waals surface area contributed by atoms with Gasteiger partial charge in [0, 0.05) is 24.5 Å². The maximum absolute atomic E-state index is 12.6. The van der Waals surface area contributed by atoms with Crippen LogP contribution in [0, 0.1) is 0 Å². The van der Waals surface area contributed by atoms with Crippen molar-refractivity contribution in [2.45, 2.75) is 6.54 Å². The van der Waals surface area contributed by atoms with Gasteiger partial charge < -0.3 is 24.1 Å². The van der Waals surface area contributed by atoms with Crippen LogP contribution >= 0.6 is 0 Å². The van der Waals surface area contributed by atoms with Crippen molar-refractivity contribution >= 4 is 16.8 Å². The van der Waals surface area contributed by atoms with Gasteiger partial charge in [0.2, 0.25) is 6.79 Å². The van der Waals surface area contributed by atoms with Crippen LogP contribution in [0.25, 0.3) is 10.9 Å². The summed E-state index contributed by atoms with van der Waals surface area (Å²) in [6.45, 7) is 0.658. The van der Waals surface area contributed by atoms with E-state index in [9.17, 15) is 4.79 Å². The molecule has 2 aromatic carbocycles. The predicted octanol–water partition coefficient (Wildman–Crippen LogP) is 2.85. The van der Waals surface area contributed by atoms with Gasteiger partial charge in [0.25, 0.3) is 5.91 Å². The number of rotatable bonds is 4. The van der Waals surface area contributed by atoms with Crippen molar-refractivity contribution in [2.75, 3.05) is 13.9 Å². The first-order valence-electron chi connectivity index (χ1n) is 7.96. The monoisotopic (exact) mass is 338 g/mol. The second-order valence-corrected chi connectivity index (χ2v) is 5.88. The van der Waals surface area contributed by atoms with Gasteiger partial charge in [-0.1, -0.05) is 6.07 Å². The molecule has 1 aliphatic heterocycles. The number of amides is 1. The van der Waals surface area contributed by atoms with Crippen LogP contribution in [0.5, 0.6) is 17.2 Å². The van der Waals surface area contributed by atoms with Crippen LogP contribution in [0.3, 0.4) is 0 Å². The predicted molar refractivity (Wildman–Crippen MR) is 93.2 cm³/mol. The molecule has 1 amide bonds. The van der Waals surface area contributed by atoms with Crippen molar-refractivity contribution in [1.29, 1.82) is 0 Å². The third-order valence-electron chi connectivity index (χ3n) is 4.37. The summed E-state index contributed by atoms with van der Waals surface area (Å²) in [5.74, 6) is 2.09. The zero-order chi connectivity index (χ0) is 17.4. The number of carbonyl (C=O) groups excluding carboxylic acids is 1. The Kier molecular flexibility index (Phi) is 3.72. The van der Waals surface area contributed by atoms with E-state index in [1.165, 1.54) is 0 Å². The second-order valence-electron chi connectivity index (χ2n) is 5.88. The lowest BCUT2D eigenvalue weighted by Gasteiger charge is -2.07. The lowest BCUT2D eigenvalue weighted by atomic mass is 10.2. The molecule has 0 aliphatic carbocycles. The number of nitrogens with one attached hydrogen (secondary N) is 1. The molecule has 0 saturated carbocycles. The van der Waals surface area contributed by atoms with Gasteiger partial charge in [-0.2, -0.15) is 0 Å². The molecule has 4 rings (SSSR count). The third kappa shape index (κ3) is 2.76. The normalized spacial score (nSPS) is 12.4. The first-order valence-corrected chi connectivity index (χ1v) is 7.96. The van der Waals surface area contributed by atoms with E-state index in [0.717, 1.165) is 28.0 Å². The number of hydrogen-bond acceptors (Lipinski definition) is 4. The number of fused-ring (bicyclic) bond motifs is 2. The van der Waals surface area contributed by atoms with E-state index in [0.29, 0.717) is 18.0 Å². The fraction of sp³-hybridized carbons (Fsp3) is 0.211. The van der Waals surface area contributed by atoms with Gasteiger partial charge >= 0.3 is 0 Å². The quantitative estimate of drug-likeness (QED) is 0.795. The smallest absolute Gasteiger partial charge is 0.268 e. The average Bonchev–Trinajstić information content (AvgIpc) is 3.23. The summed E-state index contributed by atoms with van der Waals surface area (Å²) in [6, 6.07) is 13.3. The van der Waals surface area contributed by atoms with Crippen LogP contribution < -0.4 is 19.5 Å². The first kappa shape index (κ1) is 15.4. The molecule has 6 heteroatoms. The van der Waals surface area contributed by atoms with Crippen molar-refractivity contribution in [2.24, 2.45) is 7.05 Å². The number of carbonyl (C=O) groups is 1. The molecule has 2 heterocycles. The molecule has 1 aromatic heterocycles. The number of nitrogens with zero attached hydrogens (tertiary/aromatic N) is 1. The molecule has 0 fully saturated rings. The zero-order valence-corrected chi connectivity index (χ0v) is 14.0. The largest absolute Gasteiger partial charge is 0.497 e. The van der Waals surface area contributed by atoms with E-state index in [4.69, 9.17) is 14.2 Å². The lowest BCUT2D eigenvalue weighted by Crippen LogP contribution is -2.24. The molecule has 1 aliphatic rings. The summed E-state index contributed by atoms with van der Waals surface area (Å²) in [6.07, 6.45) is 0. The van der Waals surface area contributed by atoms with E-state index in [-0.39, 0.29) is 12.7 Å². The molecule has 0 unspecified atom stereocenters. The summed E-state index contributed by atoms with van der Waals surface area (Å²) >= 11 is 0. The fourth-order valence-electron chi connectivity index (χ4n) is 3.00. The maximum Gasteiger partial charge on any atom is 0.268 e. The molecule has 1 N–H and O–H groups in total. The molecule has 0 bridgehead atoms. The Balaban J connectivity index is 1.53. The van der Waals surface area contributed by atoms with Crippen LogP contribution in [0.4, 0.5) is 0 Å². The van der Waals surface area contributed by atoms with Gasteiger partial charge in [0.1, 0.15) is 11.4 Å². The summed E-state index contributed by atoms with van der Waals surface area (Å²) in [5.41, 5.74) is 2.54. The topological polar surface area (TPSA) is 61.7 Å². The second kappa shape index (κ2) is 6.05. The van der Waals surface area contributed by atoms with Gasteiger partial charge in [0.15, 0.2) is 11.5 Å². The van der Waals surface area contributed by atoms with Gasteiger partial charge in [-0.3, -0.25) is 4.79 Å². The van der Waals surface area contributed by atoms with E-state index < -0.39 is 0 Å². The van der Waals surface area contributed by atoms with Crippen LogP contribution in [-0.4, -0.2) is 24.4 Å². The van der Waals surface area contributed by atoms with Crippen molar-refractivity contribution < 1.29 is 19.0 Å². The molecule has 128 valence electrons. The molecule has 25 heavy (non-hydrogen) atoms. The minimum absolute atomic E-state index is 0.129. The Hall–Kier alpha value is -3.15. The lowest BCUT2D eigenvalue weighted by molar-refractivity contribution is 0.0943. The number of methoxy groups -OCH3 is 1. The Morgan fingerprint density at radius 2 is 2.00 bits per heavy atom. The standard InChI is InChI=1S/C19H18N2O4/c1-21-15-5-4-14(23-2)8-13(15)9-16(21)19(22)20-10-12-3-6-17-18(7-12)25-11-24-17/h3-9H,10-11H2,1-2H3,(H,20,22). The molecule has 0 spiro atoms. The zero-order valence-electron chi connectivity index (χ0n) is 14.0. The van der Waals surface area contributed by atoms with Crippen molar-refractivity contribution in [3.63, 3.8) is 0 Å². The number of ether oxygens (including phenoxy) is 3. The highest BCUT2D eigenvalue weighted by atomic mass is 16.7. The van der Waals surface area contributed by atoms with Crippen molar-refractivity contribution in [3.8, 4) is 17.2 Å².